The molecule has 5 nitrogen and oxygen atoms in total. The van der Waals surface area contributed by atoms with Crippen LogP contribution in [0.15, 0.2) is 28.7 Å². The molecule has 21 heavy (non-hydrogen) atoms. The molecule has 1 aromatic heterocycles. The van der Waals surface area contributed by atoms with Gasteiger partial charge in [0.2, 0.25) is 5.89 Å². The monoisotopic (exact) mass is 288 g/mol. The van der Waals surface area contributed by atoms with Gasteiger partial charge in [0.1, 0.15) is 5.82 Å². The van der Waals surface area contributed by atoms with Crippen molar-refractivity contribution in [2.75, 3.05) is 31.1 Å². The number of fused-ring (bicyclic) bond motifs is 4. The zero-order valence-corrected chi connectivity index (χ0v) is 11.7. The van der Waals surface area contributed by atoms with E-state index in [4.69, 9.17) is 4.42 Å². The summed E-state index contributed by atoms with van der Waals surface area (Å²) in [6.45, 7) is 4.28. The molecule has 0 saturated carbocycles. The lowest BCUT2D eigenvalue weighted by atomic mass is 10.1. The molecular weight excluding hydrogens is 271 g/mol. The fourth-order valence-electron chi connectivity index (χ4n) is 3.18. The van der Waals surface area contributed by atoms with Crippen molar-refractivity contribution in [2.45, 2.75) is 18.9 Å². The van der Waals surface area contributed by atoms with Gasteiger partial charge in [-0.3, -0.25) is 0 Å². The SMILES string of the molecule is Fc1ccc(-c2nnc(N3CCN4CCC3CC4)o2)cc1. The van der Waals surface area contributed by atoms with Gasteiger partial charge in [-0.25, -0.2) is 4.39 Å². The highest BCUT2D eigenvalue weighted by Gasteiger charge is 2.31. The minimum absolute atomic E-state index is 0.267. The molecule has 3 aliphatic heterocycles. The number of rotatable bonds is 2. The fourth-order valence-corrected chi connectivity index (χ4v) is 3.18. The van der Waals surface area contributed by atoms with E-state index in [1.807, 2.05) is 0 Å². The van der Waals surface area contributed by atoms with Gasteiger partial charge in [-0.1, -0.05) is 5.10 Å². The highest BCUT2D eigenvalue weighted by Crippen LogP contribution is 2.28. The van der Waals surface area contributed by atoms with Crippen LogP contribution in [0.5, 0.6) is 0 Å². The van der Waals surface area contributed by atoms with Crippen LogP contribution < -0.4 is 4.90 Å². The number of piperidine rings is 1. The molecule has 3 fully saturated rings. The minimum atomic E-state index is -0.267. The van der Waals surface area contributed by atoms with Gasteiger partial charge in [-0.2, -0.15) is 0 Å². The summed E-state index contributed by atoms with van der Waals surface area (Å²) in [5, 5.41) is 8.30. The predicted molar refractivity (Wildman–Crippen MR) is 76.5 cm³/mol. The Kier molecular flexibility index (Phi) is 3.11. The van der Waals surface area contributed by atoms with Crippen LogP contribution in [0, 0.1) is 5.82 Å². The molecule has 0 amide bonds. The highest BCUT2D eigenvalue weighted by molar-refractivity contribution is 5.53. The quantitative estimate of drug-likeness (QED) is 0.847. The Morgan fingerprint density at radius 2 is 1.76 bits per heavy atom. The van der Waals surface area contributed by atoms with Crippen LogP contribution in [-0.2, 0) is 0 Å². The smallest absolute Gasteiger partial charge is 0.318 e. The summed E-state index contributed by atoms with van der Waals surface area (Å²) in [5.74, 6) is 0.182. The Balaban J connectivity index is 1.60. The van der Waals surface area contributed by atoms with E-state index >= 15 is 0 Å². The van der Waals surface area contributed by atoms with E-state index in [9.17, 15) is 4.39 Å². The van der Waals surface area contributed by atoms with Gasteiger partial charge in [0, 0.05) is 37.8 Å². The van der Waals surface area contributed by atoms with Gasteiger partial charge >= 0.3 is 6.01 Å². The zero-order valence-electron chi connectivity index (χ0n) is 11.7. The van der Waals surface area contributed by atoms with E-state index in [-0.39, 0.29) is 5.82 Å². The van der Waals surface area contributed by atoms with Crippen LogP contribution in [0.3, 0.4) is 0 Å². The Morgan fingerprint density at radius 1 is 1.00 bits per heavy atom. The molecule has 0 atom stereocenters. The number of nitrogens with zero attached hydrogens (tertiary/aromatic N) is 4. The lowest BCUT2D eigenvalue weighted by molar-refractivity contribution is 0.249. The lowest BCUT2D eigenvalue weighted by Gasteiger charge is -2.29. The molecule has 5 rings (SSSR count). The summed E-state index contributed by atoms with van der Waals surface area (Å²) in [5.41, 5.74) is 0.748. The number of hydrogen-bond acceptors (Lipinski definition) is 5. The van der Waals surface area contributed by atoms with Crippen LogP contribution in [0.2, 0.25) is 0 Å². The summed E-state index contributed by atoms with van der Waals surface area (Å²) < 4.78 is 18.8. The van der Waals surface area contributed by atoms with Crippen molar-refractivity contribution in [3.05, 3.63) is 30.1 Å². The van der Waals surface area contributed by atoms with Crippen LogP contribution in [-0.4, -0.2) is 47.3 Å². The largest absolute Gasteiger partial charge is 0.403 e. The molecular formula is C15H17FN4O. The van der Waals surface area contributed by atoms with E-state index < -0.39 is 0 Å². The van der Waals surface area contributed by atoms with Gasteiger partial charge in [-0.05, 0) is 37.1 Å². The lowest BCUT2D eigenvalue weighted by Crippen LogP contribution is -2.38. The first-order chi connectivity index (χ1) is 10.3. The van der Waals surface area contributed by atoms with Gasteiger partial charge < -0.3 is 14.2 Å². The predicted octanol–water partition coefficient (Wildman–Crippen LogP) is 2.16. The minimum Gasteiger partial charge on any atom is -0.403 e. The second-order valence-electron chi connectivity index (χ2n) is 5.66. The Hall–Kier alpha value is -1.95. The number of anilines is 1. The molecule has 4 heterocycles. The summed E-state index contributed by atoms with van der Waals surface area (Å²) in [6, 6.07) is 7.20. The number of hydrogen-bond donors (Lipinski definition) is 0. The van der Waals surface area contributed by atoms with Crippen molar-refractivity contribution in [3.63, 3.8) is 0 Å². The third-order valence-electron chi connectivity index (χ3n) is 4.41. The second-order valence-corrected chi connectivity index (χ2v) is 5.66. The Morgan fingerprint density at radius 3 is 2.52 bits per heavy atom. The van der Waals surface area contributed by atoms with Crippen molar-refractivity contribution >= 4 is 6.01 Å². The van der Waals surface area contributed by atoms with E-state index in [1.54, 1.807) is 12.1 Å². The molecule has 0 unspecified atom stereocenters. The first kappa shape index (κ1) is 12.8. The third-order valence-corrected chi connectivity index (χ3v) is 4.41. The summed E-state index contributed by atoms with van der Waals surface area (Å²) in [4.78, 5) is 4.71. The average molecular weight is 288 g/mol. The fraction of sp³-hybridized carbons (Fsp3) is 0.467. The molecule has 0 N–H and O–H groups in total. The maximum atomic E-state index is 13.0. The molecule has 3 saturated heterocycles. The summed E-state index contributed by atoms with van der Waals surface area (Å²) in [6.07, 6.45) is 2.29. The first-order valence-electron chi connectivity index (χ1n) is 7.38. The Bertz CT molecular complexity index is 619. The van der Waals surface area contributed by atoms with Crippen LogP contribution in [0.1, 0.15) is 12.8 Å². The van der Waals surface area contributed by atoms with E-state index in [0.717, 1.165) is 44.6 Å². The number of benzene rings is 1. The van der Waals surface area contributed by atoms with Crippen molar-refractivity contribution in [2.24, 2.45) is 0 Å². The maximum absolute atomic E-state index is 13.0. The zero-order chi connectivity index (χ0) is 14.2. The van der Waals surface area contributed by atoms with Crippen molar-refractivity contribution < 1.29 is 8.81 Å². The Labute approximate surface area is 122 Å². The van der Waals surface area contributed by atoms with Crippen molar-refractivity contribution in [1.82, 2.24) is 15.1 Å². The standard InChI is InChI=1S/C15H17FN4O/c16-12-3-1-11(2-4-12)14-17-18-15(21-14)20-10-9-19-7-5-13(20)6-8-19/h1-4,13H,5-10H2. The average Bonchev–Trinajstić information content (AvgIpc) is 2.81. The van der Waals surface area contributed by atoms with Gasteiger partial charge in [0.05, 0.1) is 0 Å². The van der Waals surface area contributed by atoms with Crippen LogP contribution >= 0.6 is 0 Å². The van der Waals surface area contributed by atoms with E-state index in [1.165, 1.54) is 12.1 Å². The summed E-state index contributed by atoms with van der Waals surface area (Å²) in [7, 11) is 0. The van der Waals surface area contributed by atoms with Crippen molar-refractivity contribution in [3.8, 4) is 11.5 Å². The second kappa shape index (κ2) is 5.11. The van der Waals surface area contributed by atoms with Crippen molar-refractivity contribution in [1.29, 1.82) is 0 Å². The molecule has 110 valence electrons. The van der Waals surface area contributed by atoms with Crippen LogP contribution in [0.4, 0.5) is 10.4 Å². The molecule has 2 bridgehead atoms. The van der Waals surface area contributed by atoms with Gasteiger partial charge in [0.15, 0.2) is 0 Å². The van der Waals surface area contributed by atoms with E-state index in [0.29, 0.717) is 17.9 Å². The number of halogens is 1. The molecule has 1 aromatic carbocycles. The first-order valence-corrected chi connectivity index (χ1v) is 7.38. The highest BCUT2D eigenvalue weighted by atomic mass is 19.1. The van der Waals surface area contributed by atoms with E-state index in [2.05, 4.69) is 20.0 Å². The third kappa shape index (κ3) is 2.40. The van der Waals surface area contributed by atoms with Gasteiger partial charge in [0.25, 0.3) is 0 Å². The molecule has 0 radical (unpaired) electrons. The molecule has 3 aliphatic rings. The maximum Gasteiger partial charge on any atom is 0.318 e. The topological polar surface area (TPSA) is 45.4 Å². The molecule has 0 spiro atoms. The normalized spacial score (nSPS) is 25.1. The number of aromatic nitrogens is 2. The van der Waals surface area contributed by atoms with Gasteiger partial charge in [-0.15, -0.1) is 5.10 Å². The molecule has 2 aromatic rings. The van der Waals surface area contributed by atoms with Crippen LogP contribution in [0.25, 0.3) is 11.5 Å². The summed E-state index contributed by atoms with van der Waals surface area (Å²) >= 11 is 0. The molecule has 0 aliphatic carbocycles. The molecule has 6 heteroatoms.